The van der Waals surface area contributed by atoms with Gasteiger partial charge in [0.15, 0.2) is 4.96 Å². The van der Waals surface area contributed by atoms with Crippen molar-refractivity contribution in [2.24, 2.45) is 0 Å². The van der Waals surface area contributed by atoms with Gasteiger partial charge in [-0.25, -0.2) is 4.98 Å². The predicted molar refractivity (Wildman–Crippen MR) is 108 cm³/mol. The fraction of sp³-hybridized carbons (Fsp3) is 0.100. The fourth-order valence-corrected chi connectivity index (χ4v) is 3.56. The topological polar surface area (TPSA) is 55.6 Å². The van der Waals surface area contributed by atoms with Crippen molar-refractivity contribution in [3.63, 3.8) is 0 Å². The van der Waals surface area contributed by atoms with Crippen LogP contribution in [-0.2, 0) is 6.61 Å². The van der Waals surface area contributed by atoms with Crippen LogP contribution in [0.25, 0.3) is 4.96 Å². The van der Waals surface area contributed by atoms with Crippen molar-refractivity contribution in [1.82, 2.24) is 9.38 Å². The van der Waals surface area contributed by atoms with E-state index < -0.39 is 0 Å². The fourth-order valence-electron chi connectivity index (χ4n) is 2.58. The number of anilines is 1. The average Bonchev–Trinajstić information content (AvgIpc) is 3.25. The normalized spacial score (nSPS) is 10.9. The number of halogens is 1. The third-order valence-corrected chi connectivity index (χ3v) is 5.26. The average molecular weight is 398 g/mol. The number of thiazole rings is 1. The van der Waals surface area contributed by atoms with E-state index in [1.807, 2.05) is 53.1 Å². The molecule has 0 atom stereocenters. The van der Waals surface area contributed by atoms with Crippen molar-refractivity contribution in [1.29, 1.82) is 0 Å². The first-order chi connectivity index (χ1) is 13.1. The molecule has 0 saturated heterocycles. The lowest BCUT2D eigenvalue weighted by atomic mass is 10.2. The molecule has 7 heteroatoms. The number of rotatable bonds is 5. The number of imidazole rings is 1. The third-order valence-electron chi connectivity index (χ3n) is 4.05. The molecule has 27 heavy (non-hydrogen) atoms. The largest absolute Gasteiger partial charge is 0.489 e. The molecule has 4 rings (SSSR count). The number of ether oxygens (including phenoxy) is 1. The van der Waals surface area contributed by atoms with Crippen LogP contribution in [0.5, 0.6) is 5.75 Å². The second kappa shape index (κ2) is 7.42. The Kier molecular flexibility index (Phi) is 4.83. The second-order valence-electron chi connectivity index (χ2n) is 6.05. The number of aromatic nitrogens is 2. The molecule has 0 radical (unpaired) electrons. The molecular formula is C20H16ClN3O2S. The molecule has 0 aliphatic carbocycles. The van der Waals surface area contributed by atoms with Crippen molar-refractivity contribution in [2.45, 2.75) is 13.5 Å². The van der Waals surface area contributed by atoms with Gasteiger partial charge in [-0.05, 0) is 48.9 Å². The number of carbonyl (C=O) groups excluding carboxylic acids is 1. The van der Waals surface area contributed by atoms with E-state index in [9.17, 15) is 4.79 Å². The van der Waals surface area contributed by atoms with Crippen LogP contribution < -0.4 is 10.1 Å². The van der Waals surface area contributed by atoms with Crippen LogP contribution in [0.2, 0.25) is 5.02 Å². The number of fused-ring (bicyclic) bond motifs is 1. The van der Waals surface area contributed by atoms with E-state index in [-0.39, 0.29) is 5.91 Å². The minimum atomic E-state index is -0.236. The van der Waals surface area contributed by atoms with Crippen LogP contribution in [-0.4, -0.2) is 15.3 Å². The lowest BCUT2D eigenvalue weighted by Gasteiger charge is -2.08. The van der Waals surface area contributed by atoms with Gasteiger partial charge in [0.1, 0.15) is 18.1 Å². The molecule has 1 amide bonds. The smallest absolute Gasteiger partial charge is 0.275 e. The first kappa shape index (κ1) is 17.6. The first-order valence-corrected chi connectivity index (χ1v) is 9.56. The van der Waals surface area contributed by atoms with E-state index in [1.54, 1.807) is 18.3 Å². The maximum atomic E-state index is 12.4. The summed E-state index contributed by atoms with van der Waals surface area (Å²) in [4.78, 5) is 17.6. The standard InChI is InChI=1S/C20H16ClN3O2S/c1-13-12-27-20-23-18(10-24(13)20)19(25)22-16-6-8-17(9-7-16)26-11-14-2-4-15(21)5-3-14/h2-10,12H,11H2,1H3,(H,22,25). The van der Waals surface area contributed by atoms with Crippen molar-refractivity contribution in [2.75, 3.05) is 5.32 Å². The molecule has 2 aromatic carbocycles. The van der Waals surface area contributed by atoms with Crippen LogP contribution in [0, 0.1) is 6.92 Å². The monoisotopic (exact) mass is 397 g/mol. The zero-order chi connectivity index (χ0) is 18.8. The molecule has 0 unspecified atom stereocenters. The molecule has 0 fully saturated rings. The van der Waals surface area contributed by atoms with Crippen molar-refractivity contribution in [3.8, 4) is 5.75 Å². The van der Waals surface area contributed by atoms with E-state index >= 15 is 0 Å². The van der Waals surface area contributed by atoms with Gasteiger partial charge >= 0.3 is 0 Å². The molecule has 136 valence electrons. The molecule has 1 N–H and O–H groups in total. The Morgan fingerprint density at radius 2 is 1.93 bits per heavy atom. The molecular weight excluding hydrogens is 382 g/mol. The lowest BCUT2D eigenvalue weighted by Crippen LogP contribution is -2.12. The number of nitrogens with one attached hydrogen (secondary N) is 1. The Labute approximate surface area is 165 Å². The van der Waals surface area contributed by atoms with Crippen molar-refractivity contribution >= 4 is 39.5 Å². The van der Waals surface area contributed by atoms with E-state index in [1.165, 1.54) is 11.3 Å². The second-order valence-corrected chi connectivity index (χ2v) is 7.32. The summed E-state index contributed by atoms with van der Waals surface area (Å²) in [6.07, 6.45) is 1.75. The number of aryl methyl sites for hydroxylation is 1. The van der Waals surface area contributed by atoms with Gasteiger partial charge in [-0.1, -0.05) is 23.7 Å². The van der Waals surface area contributed by atoms with Crippen LogP contribution >= 0.6 is 22.9 Å². The van der Waals surface area contributed by atoms with Gasteiger partial charge in [0.2, 0.25) is 0 Å². The number of amides is 1. The summed E-state index contributed by atoms with van der Waals surface area (Å²) in [6.45, 7) is 2.43. The van der Waals surface area contributed by atoms with Gasteiger partial charge < -0.3 is 10.1 Å². The van der Waals surface area contributed by atoms with Crippen molar-refractivity contribution < 1.29 is 9.53 Å². The number of benzene rings is 2. The Hall–Kier alpha value is -2.83. The summed E-state index contributed by atoms with van der Waals surface area (Å²) in [5, 5.41) is 5.56. The maximum Gasteiger partial charge on any atom is 0.275 e. The highest BCUT2D eigenvalue weighted by Crippen LogP contribution is 2.20. The summed E-state index contributed by atoms with van der Waals surface area (Å²) in [5.74, 6) is 0.487. The van der Waals surface area contributed by atoms with Gasteiger partial charge in [-0.3, -0.25) is 9.20 Å². The highest BCUT2D eigenvalue weighted by molar-refractivity contribution is 7.15. The van der Waals surface area contributed by atoms with Gasteiger partial charge in [0.05, 0.1) is 0 Å². The molecule has 5 nitrogen and oxygen atoms in total. The SMILES string of the molecule is Cc1csc2nc(C(=O)Nc3ccc(OCc4ccc(Cl)cc4)cc3)cn12. The third kappa shape index (κ3) is 3.97. The minimum absolute atomic E-state index is 0.236. The highest BCUT2D eigenvalue weighted by atomic mass is 35.5. The molecule has 0 spiro atoms. The lowest BCUT2D eigenvalue weighted by molar-refractivity contribution is 0.102. The van der Waals surface area contributed by atoms with Gasteiger partial charge in [0.25, 0.3) is 5.91 Å². The number of carbonyl (C=O) groups is 1. The van der Waals surface area contributed by atoms with Crippen LogP contribution in [0.1, 0.15) is 21.7 Å². The molecule has 2 aromatic heterocycles. The zero-order valence-corrected chi connectivity index (χ0v) is 16.1. The van der Waals surface area contributed by atoms with E-state index in [0.29, 0.717) is 23.0 Å². The summed E-state index contributed by atoms with van der Waals surface area (Å²) in [7, 11) is 0. The highest BCUT2D eigenvalue weighted by Gasteiger charge is 2.13. The molecule has 2 heterocycles. The molecule has 0 aliphatic rings. The molecule has 4 aromatic rings. The Bertz CT molecular complexity index is 1080. The summed E-state index contributed by atoms with van der Waals surface area (Å²) >= 11 is 7.39. The quantitative estimate of drug-likeness (QED) is 0.504. The van der Waals surface area contributed by atoms with Gasteiger partial charge in [0, 0.05) is 28.0 Å². The predicted octanol–water partition coefficient (Wildman–Crippen LogP) is 5.19. The van der Waals surface area contributed by atoms with Gasteiger partial charge in [-0.15, -0.1) is 11.3 Å². The van der Waals surface area contributed by atoms with E-state index in [4.69, 9.17) is 16.3 Å². The Balaban J connectivity index is 1.38. The summed E-state index contributed by atoms with van der Waals surface area (Å²) in [6, 6.07) is 14.8. The zero-order valence-electron chi connectivity index (χ0n) is 14.5. The van der Waals surface area contributed by atoms with Crippen molar-refractivity contribution in [3.05, 3.63) is 82.1 Å². The molecule has 0 bridgehead atoms. The molecule has 0 aliphatic heterocycles. The van der Waals surface area contributed by atoms with Crippen LogP contribution in [0.3, 0.4) is 0 Å². The molecule has 0 saturated carbocycles. The summed E-state index contributed by atoms with van der Waals surface area (Å²) < 4.78 is 7.66. The number of hydrogen-bond acceptors (Lipinski definition) is 4. The van der Waals surface area contributed by atoms with Crippen LogP contribution in [0.4, 0.5) is 5.69 Å². The number of hydrogen-bond donors (Lipinski definition) is 1. The maximum absolute atomic E-state index is 12.4. The Morgan fingerprint density at radius 1 is 1.19 bits per heavy atom. The Morgan fingerprint density at radius 3 is 2.63 bits per heavy atom. The van der Waals surface area contributed by atoms with E-state index in [0.717, 1.165) is 22.0 Å². The van der Waals surface area contributed by atoms with Gasteiger partial charge in [-0.2, -0.15) is 0 Å². The minimum Gasteiger partial charge on any atom is -0.489 e. The first-order valence-electron chi connectivity index (χ1n) is 8.30. The van der Waals surface area contributed by atoms with E-state index in [2.05, 4.69) is 10.3 Å². The number of nitrogens with zero attached hydrogens (tertiary/aromatic N) is 2. The van der Waals surface area contributed by atoms with Crippen LogP contribution in [0.15, 0.2) is 60.1 Å². The summed E-state index contributed by atoms with van der Waals surface area (Å²) in [5.41, 5.74) is 3.18.